The summed E-state index contributed by atoms with van der Waals surface area (Å²) < 4.78 is 26.5. The van der Waals surface area contributed by atoms with Crippen LogP contribution in [0.3, 0.4) is 0 Å². The second kappa shape index (κ2) is 7.86. The van der Waals surface area contributed by atoms with Crippen molar-refractivity contribution in [1.29, 1.82) is 0 Å². The van der Waals surface area contributed by atoms with E-state index in [9.17, 15) is 18.0 Å². The van der Waals surface area contributed by atoms with Crippen LogP contribution >= 0.6 is 11.3 Å². The van der Waals surface area contributed by atoms with Crippen LogP contribution in [-0.2, 0) is 14.8 Å². The van der Waals surface area contributed by atoms with Gasteiger partial charge >= 0.3 is 6.03 Å². The van der Waals surface area contributed by atoms with E-state index in [1.807, 2.05) is 4.90 Å². The fourth-order valence-corrected chi connectivity index (χ4v) is 4.81. The van der Waals surface area contributed by atoms with E-state index in [1.165, 1.54) is 15.6 Å². The maximum Gasteiger partial charge on any atom is 0.321 e. The number of rotatable bonds is 5. The molecule has 1 aliphatic heterocycles. The molecule has 0 unspecified atom stereocenters. The monoisotopic (exact) mass is 360 g/mol. The van der Waals surface area contributed by atoms with Gasteiger partial charge in [-0.3, -0.25) is 15.0 Å². The van der Waals surface area contributed by atoms with E-state index in [-0.39, 0.29) is 6.54 Å². The van der Waals surface area contributed by atoms with E-state index in [4.69, 9.17) is 0 Å². The Morgan fingerprint density at radius 2 is 1.96 bits per heavy atom. The fraction of sp³-hybridized carbons (Fsp3) is 0.538. The molecule has 1 saturated heterocycles. The molecule has 10 heteroatoms. The Bertz CT molecular complexity index is 637. The average Bonchev–Trinajstić information content (AvgIpc) is 3.02. The minimum atomic E-state index is -3.44. The van der Waals surface area contributed by atoms with Gasteiger partial charge in [0, 0.05) is 32.7 Å². The molecule has 1 aliphatic rings. The van der Waals surface area contributed by atoms with Gasteiger partial charge in [0.05, 0.1) is 6.54 Å². The van der Waals surface area contributed by atoms with Crippen molar-refractivity contribution < 1.29 is 18.0 Å². The highest BCUT2D eigenvalue weighted by Gasteiger charge is 2.29. The molecule has 0 spiro atoms. The smallest absolute Gasteiger partial charge is 0.321 e. The second-order valence-corrected chi connectivity index (χ2v) is 8.13. The van der Waals surface area contributed by atoms with Crippen molar-refractivity contribution in [3.63, 3.8) is 0 Å². The molecular weight excluding hydrogens is 340 g/mol. The van der Waals surface area contributed by atoms with Crippen molar-refractivity contribution in [3.8, 4) is 0 Å². The number of carbonyl (C=O) groups excluding carboxylic acids is 2. The van der Waals surface area contributed by atoms with Crippen LogP contribution in [0.25, 0.3) is 0 Å². The van der Waals surface area contributed by atoms with Gasteiger partial charge in [0.2, 0.25) is 5.91 Å². The van der Waals surface area contributed by atoms with Crippen LogP contribution in [0.15, 0.2) is 21.7 Å². The molecule has 23 heavy (non-hydrogen) atoms. The Morgan fingerprint density at radius 3 is 2.52 bits per heavy atom. The van der Waals surface area contributed by atoms with Crippen LogP contribution in [0.2, 0.25) is 0 Å². The topological polar surface area (TPSA) is 98.8 Å². The van der Waals surface area contributed by atoms with Crippen LogP contribution in [-0.4, -0.2) is 68.8 Å². The number of urea groups is 1. The molecule has 0 atom stereocenters. The fourth-order valence-electron chi connectivity index (χ4n) is 2.24. The van der Waals surface area contributed by atoms with E-state index < -0.39 is 22.0 Å². The van der Waals surface area contributed by atoms with Crippen LogP contribution in [0, 0.1) is 0 Å². The van der Waals surface area contributed by atoms with E-state index in [2.05, 4.69) is 10.6 Å². The first-order valence-electron chi connectivity index (χ1n) is 7.27. The molecule has 128 valence electrons. The quantitative estimate of drug-likeness (QED) is 0.764. The predicted molar refractivity (Wildman–Crippen MR) is 86.7 cm³/mol. The molecule has 0 saturated carbocycles. The third-order valence-corrected chi connectivity index (χ3v) is 6.65. The lowest BCUT2D eigenvalue weighted by atomic mass is 10.3. The molecule has 3 amide bonds. The van der Waals surface area contributed by atoms with Gasteiger partial charge in [-0.25, -0.2) is 13.2 Å². The number of nitrogens with one attached hydrogen (secondary N) is 2. The first kappa shape index (κ1) is 17.9. The second-order valence-electron chi connectivity index (χ2n) is 5.02. The van der Waals surface area contributed by atoms with E-state index in [0.717, 1.165) is 0 Å². The number of amides is 3. The zero-order valence-corrected chi connectivity index (χ0v) is 14.5. The Kier molecular flexibility index (Phi) is 6.10. The number of imide groups is 1. The van der Waals surface area contributed by atoms with Crippen molar-refractivity contribution in [2.45, 2.75) is 11.1 Å². The number of hydrogen-bond acceptors (Lipinski definition) is 6. The molecule has 0 radical (unpaired) electrons. The first-order valence-corrected chi connectivity index (χ1v) is 9.59. The van der Waals surface area contributed by atoms with Crippen molar-refractivity contribution in [3.05, 3.63) is 17.5 Å². The van der Waals surface area contributed by atoms with E-state index in [1.54, 1.807) is 24.4 Å². The third-order valence-electron chi connectivity index (χ3n) is 3.38. The molecule has 1 aromatic rings. The van der Waals surface area contributed by atoms with Gasteiger partial charge < -0.3 is 5.32 Å². The number of sulfonamides is 1. The summed E-state index contributed by atoms with van der Waals surface area (Å²) in [5, 5.41) is 6.44. The summed E-state index contributed by atoms with van der Waals surface area (Å²) in [7, 11) is -3.44. The normalized spacial score (nSPS) is 16.9. The molecule has 0 aliphatic carbocycles. The van der Waals surface area contributed by atoms with Gasteiger partial charge in [0.25, 0.3) is 10.0 Å². The van der Waals surface area contributed by atoms with Crippen molar-refractivity contribution in [2.24, 2.45) is 0 Å². The van der Waals surface area contributed by atoms with E-state index in [0.29, 0.717) is 36.9 Å². The van der Waals surface area contributed by atoms with Gasteiger partial charge in [-0.15, -0.1) is 11.3 Å². The lowest BCUT2D eigenvalue weighted by molar-refractivity contribution is -0.121. The van der Waals surface area contributed by atoms with E-state index >= 15 is 0 Å². The average molecular weight is 360 g/mol. The summed E-state index contributed by atoms with van der Waals surface area (Å²) in [5.41, 5.74) is 0. The minimum Gasteiger partial charge on any atom is -0.338 e. The zero-order chi connectivity index (χ0) is 16.9. The standard InChI is InChI=1S/C13H20N4O4S2/c1-2-14-13(19)15-11(18)10-16-5-7-17(8-6-16)23(20,21)12-4-3-9-22-12/h3-4,9H,2,5-8,10H2,1H3,(H2,14,15,18,19). The Morgan fingerprint density at radius 1 is 1.26 bits per heavy atom. The van der Waals surface area contributed by atoms with Gasteiger partial charge in [-0.1, -0.05) is 6.07 Å². The number of hydrogen-bond donors (Lipinski definition) is 2. The Hall–Kier alpha value is -1.49. The first-order chi connectivity index (χ1) is 10.9. The molecule has 1 fully saturated rings. The van der Waals surface area contributed by atoms with Gasteiger partial charge in [0.15, 0.2) is 0 Å². The maximum absolute atomic E-state index is 12.4. The van der Waals surface area contributed by atoms with Crippen LogP contribution in [0.4, 0.5) is 4.79 Å². The molecule has 2 heterocycles. The van der Waals surface area contributed by atoms with Crippen molar-refractivity contribution in [2.75, 3.05) is 39.3 Å². The number of piperazine rings is 1. The highest BCUT2D eigenvalue weighted by Crippen LogP contribution is 2.21. The Labute approximate surface area is 139 Å². The molecule has 0 bridgehead atoms. The predicted octanol–water partition coefficient (Wildman–Crippen LogP) is -0.0999. The summed E-state index contributed by atoms with van der Waals surface area (Å²) in [6.45, 7) is 3.84. The highest BCUT2D eigenvalue weighted by molar-refractivity contribution is 7.91. The van der Waals surface area contributed by atoms with Gasteiger partial charge in [0.1, 0.15) is 4.21 Å². The Balaban J connectivity index is 1.82. The maximum atomic E-state index is 12.4. The minimum absolute atomic E-state index is 0.0734. The summed E-state index contributed by atoms with van der Waals surface area (Å²) in [6.07, 6.45) is 0. The van der Waals surface area contributed by atoms with Crippen LogP contribution in [0.1, 0.15) is 6.92 Å². The lowest BCUT2D eigenvalue weighted by Crippen LogP contribution is -2.52. The van der Waals surface area contributed by atoms with Crippen LogP contribution < -0.4 is 10.6 Å². The number of carbonyl (C=O) groups is 2. The number of thiophene rings is 1. The third kappa shape index (κ3) is 4.74. The molecule has 0 aromatic carbocycles. The summed E-state index contributed by atoms with van der Waals surface area (Å²) in [4.78, 5) is 24.8. The summed E-state index contributed by atoms with van der Waals surface area (Å²) in [5.74, 6) is -0.398. The molecule has 8 nitrogen and oxygen atoms in total. The molecule has 2 N–H and O–H groups in total. The molecular formula is C13H20N4O4S2. The highest BCUT2D eigenvalue weighted by atomic mass is 32.2. The number of nitrogens with zero attached hydrogens (tertiary/aromatic N) is 2. The summed E-state index contributed by atoms with van der Waals surface area (Å²) >= 11 is 1.19. The van der Waals surface area contributed by atoms with Gasteiger partial charge in [-0.2, -0.15) is 4.31 Å². The SMILES string of the molecule is CCNC(=O)NC(=O)CN1CCN(S(=O)(=O)c2cccs2)CC1. The van der Waals surface area contributed by atoms with Crippen LogP contribution in [0.5, 0.6) is 0 Å². The lowest BCUT2D eigenvalue weighted by Gasteiger charge is -2.33. The summed E-state index contributed by atoms with van der Waals surface area (Å²) in [6, 6.07) is 2.78. The molecule has 2 rings (SSSR count). The van der Waals surface area contributed by atoms with Gasteiger partial charge in [-0.05, 0) is 18.4 Å². The van der Waals surface area contributed by atoms with Crippen molar-refractivity contribution in [1.82, 2.24) is 19.8 Å². The largest absolute Gasteiger partial charge is 0.338 e. The zero-order valence-electron chi connectivity index (χ0n) is 12.8. The van der Waals surface area contributed by atoms with Crippen molar-refractivity contribution >= 4 is 33.3 Å². The molecule has 1 aromatic heterocycles.